The Kier molecular flexibility index (Phi) is 2.93. The van der Waals surface area contributed by atoms with E-state index in [-0.39, 0.29) is 11.9 Å². The Hall–Kier alpha value is -2.37. The molecule has 3 rings (SSSR count). The van der Waals surface area contributed by atoms with Crippen LogP contribution in [0.25, 0.3) is 0 Å². The highest BCUT2D eigenvalue weighted by molar-refractivity contribution is 5.90. The van der Waals surface area contributed by atoms with Crippen molar-refractivity contribution in [2.45, 2.75) is 24.7 Å². The van der Waals surface area contributed by atoms with E-state index in [9.17, 15) is 4.79 Å². The first-order valence-electron chi connectivity index (χ1n) is 6.52. The number of nitrogens with two attached hydrogens (primary N) is 1. The number of methoxy groups -OCH3 is 1. The number of ether oxygens (including phenoxy) is 1. The van der Waals surface area contributed by atoms with Crippen molar-refractivity contribution in [2.24, 2.45) is 0 Å². The average Bonchev–Trinajstić information content (AvgIpc) is 2.85. The van der Waals surface area contributed by atoms with Crippen LogP contribution >= 0.6 is 0 Å². The van der Waals surface area contributed by atoms with Crippen LogP contribution in [0.2, 0.25) is 0 Å². The van der Waals surface area contributed by atoms with Crippen molar-refractivity contribution in [1.29, 1.82) is 0 Å². The van der Waals surface area contributed by atoms with E-state index < -0.39 is 5.41 Å². The fourth-order valence-corrected chi connectivity index (χ4v) is 2.66. The zero-order valence-electron chi connectivity index (χ0n) is 11.2. The summed E-state index contributed by atoms with van der Waals surface area (Å²) in [6, 6.07) is 7.63. The molecule has 20 heavy (non-hydrogen) atoms. The number of carbonyl (C=O) groups excluding carboxylic acids is 1. The van der Waals surface area contributed by atoms with Crippen molar-refractivity contribution in [1.82, 2.24) is 14.8 Å². The van der Waals surface area contributed by atoms with Crippen LogP contribution in [0.1, 0.15) is 29.6 Å². The van der Waals surface area contributed by atoms with Gasteiger partial charge in [0.05, 0.1) is 12.5 Å². The molecule has 1 aliphatic carbocycles. The van der Waals surface area contributed by atoms with Gasteiger partial charge >= 0.3 is 0 Å². The molecule has 2 N–H and O–H groups in total. The third-order valence-corrected chi connectivity index (χ3v) is 3.98. The minimum absolute atomic E-state index is 0.0712. The summed E-state index contributed by atoms with van der Waals surface area (Å²) >= 11 is 0. The molecule has 1 aromatic carbocycles. The lowest BCUT2D eigenvalue weighted by Gasteiger charge is -2.40. The minimum Gasteiger partial charge on any atom is -0.497 e. The fraction of sp³-hybridized carbons (Fsp3) is 0.357. The molecule has 0 amide bonds. The van der Waals surface area contributed by atoms with Gasteiger partial charge in [-0.05, 0) is 30.5 Å². The zero-order chi connectivity index (χ0) is 14.2. The predicted octanol–water partition coefficient (Wildman–Crippen LogP) is 1.63. The van der Waals surface area contributed by atoms with Crippen molar-refractivity contribution in [3.8, 4) is 5.75 Å². The number of rotatable bonds is 3. The first-order chi connectivity index (χ1) is 9.65. The molecule has 1 aromatic heterocycles. The van der Waals surface area contributed by atoms with Crippen LogP contribution in [-0.2, 0) is 5.41 Å². The number of nitrogen functional groups attached to an aromatic ring is 1. The monoisotopic (exact) mass is 272 g/mol. The lowest BCUT2D eigenvalue weighted by molar-refractivity contribution is 0.0675. The minimum atomic E-state index is -0.508. The molecule has 6 heteroatoms. The fourth-order valence-electron chi connectivity index (χ4n) is 2.66. The molecule has 1 aliphatic rings. The topological polar surface area (TPSA) is 83.0 Å². The Bertz CT molecular complexity index is 629. The molecule has 0 atom stereocenters. The van der Waals surface area contributed by atoms with Crippen molar-refractivity contribution >= 4 is 11.9 Å². The van der Waals surface area contributed by atoms with E-state index >= 15 is 0 Å². The van der Waals surface area contributed by atoms with E-state index in [0.29, 0.717) is 0 Å². The number of anilines is 1. The molecule has 0 spiro atoms. The molecular formula is C14H16N4O2. The molecule has 0 unspecified atom stereocenters. The summed E-state index contributed by atoms with van der Waals surface area (Å²) in [6.45, 7) is 0. The Morgan fingerprint density at radius 2 is 2.05 bits per heavy atom. The van der Waals surface area contributed by atoms with Crippen LogP contribution in [0.3, 0.4) is 0 Å². The number of hydrogen-bond acceptors (Lipinski definition) is 5. The number of nitrogens with zero attached hydrogens (tertiary/aromatic N) is 3. The number of aromatic nitrogens is 3. The maximum Gasteiger partial charge on any atom is 0.259 e. The largest absolute Gasteiger partial charge is 0.497 e. The Labute approximate surface area is 116 Å². The van der Waals surface area contributed by atoms with Gasteiger partial charge in [-0.3, -0.25) is 4.79 Å². The van der Waals surface area contributed by atoms with E-state index in [1.807, 2.05) is 24.3 Å². The van der Waals surface area contributed by atoms with Gasteiger partial charge in [-0.15, -0.1) is 5.10 Å². The van der Waals surface area contributed by atoms with E-state index in [0.717, 1.165) is 30.6 Å². The summed E-state index contributed by atoms with van der Waals surface area (Å²) in [5, 5.41) is 3.93. The highest BCUT2D eigenvalue weighted by Crippen LogP contribution is 2.45. The van der Waals surface area contributed by atoms with Crippen molar-refractivity contribution in [3.05, 3.63) is 36.2 Å². The van der Waals surface area contributed by atoms with Gasteiger partial charge in [0.15, 0.2) is 0 Å². The van der Waals surface area contributed by atoms with Crippen molar-refractivity contribution < 1.29 is 9.53 Å². The summed E-state index contributed by atoms with van der Waals surface area (Å²) in [4.78, 5) is 16.5. The molecule has 0 aliphatic heterocycles. The lowest BCUT2D eigenvalue weighted by atomic mass is 9.64. The first-order valence-corrected chi connectivity index (χ1v) is 6.52. The van der Waals surface area contributed by atoms with E-state index in [2.05, 4.69) is 10.1 Å². The quantitative estimate of drug-likeness (QED) is 0.918. The Balaban J connectivity index is 1.96. The highest BCUT2D eigenvalue weighted by atomic mass is 16.5. The highest BCUT2D eigenvalue weighted by Gasteiger charge is 2.46. The molecule has 0 radical (unpaired) electrons. The second-order valence-electron chi connectivity index (χ2n) is 5.02. The van der Waals surface area contributed by atoms with Gasteiger partial charge < -0.3 is 10.5 Å². The Morgan fingerprint density at radius 3 is 2.50 bits per heavy atom. The molecule has 6 nitrogen and oxygen atoms in total. The van der Waals surface area contributed by atoms with Crippen LogP contribution in [0, 0.1) is 0 Å². The normalized spacial score (nSPS) is 16.4. The number of carbonyl (C=O) groups is 1. The maximum atomic E-state index is 12.7. The zero-order valence-corrected chi connectivity index (χ0v) is 11.2. The standard InChI is InChI=1S/C14H16N4O2/c1-20-11-5-3-10(4-6-11)14(7-2-8-14)12(19)18-9-16-13(15)17-18/h3-6,9H,2,7-8H2,1H3,(H2,15,17). The molecule has 104 valence electrons. The van der Waals surface area contributed by atoms with Crippen LogP contribution in [0.5, 0.6) is 5.75 Å². The van der Waals surface area contributed by atoms with E-state index in [4.69, 9.17) is 10.5 Å². The number of hydrogen-bond donors (Lipinski definition) is 1. The van der Waals surface area contributed by atoms with Crippen LogP contribution in [0.4, 0.5) is 5.95 Å². The molecule has 1 fully saturated rings. The van der Waals surface area contributed by atoms with Gasteiger partial charge in [0.2, 0.25) is 5.95 Å². The summed E-state index contributed by atoms with van der Waals surface area (Å²) in [6.07, 6.45) is 4.04. The van der Waals surface area contributed by atoms with Gasteiger partial charge in [0.1, 0.15) is 12.1 Å². The van der Waals surface area contributed by atoms with Gasteiger partial charge in [0.25, 0.3) is 5.91 Å². The van der Waals surface area contributed by atoms with Gasteiger partial charge in [0, 0.05) is 0 Å². The lowest BCUT2D eigenvalue weighted by Crippen LogP contribution is -2.45. The second kappa shape index (κ2) is 4.63. The predicted molar refractivity (Wildman–Crippen MR) is 73.6 cm³/mol. The summed E-state index contributed by atoms with van der Waals surface area (Å²) in [5.74, 6) is 0.821. The molecular weight excluding hydrogens is 256 g/mol. The van der Waals surface area contributed by atoms with Crippen LogP contribution in [-0.4, -0.2) is 27.8 Å². The van der Waals surface area contributed by atoms with Crippen molar-refractivity contribution in [3.63, 3.8) is 0 Å². The second-order valence-corrected chi connectivity index (χ2v) is 5.02. The summed E-state index contributed by atoms with van der Waals surface area (Å²) < 4.78 is 6.40. The Morgan fingerprint density at radius 1 is 1.35 bits per heavy atom. The van der Waals surface area contributed by atoms with Crippen LogP contribution < -0.4 is 10.5 Å². The molecule has 1 saturated carbocycles. The molecule has 0 bridgehead atoms. The van der Waals surface area contributed by atoms with Crippen LogP contribution in [0.15, 0.2) is 30.6 Å². The molecule has 0 saturated heterocycles. The summed E-state index contributed by atoms with van der Waals surface area (Å²) in [5.41, 5.74) is 5.97. The molecule has 2 aromatic rings. The molecule has 1 heterocycles. The SMILES string of the molecule is COc1ccc(C2(C(=O)n3cnc(N)n3)CCC2)cc1. The average molecular weight is 272 g/mol. The van der Waals surface area contributed by atoms with E-state index in [1.54, 1.807) is 7.11 Å². The van der Waals surface area contributed by atoms with Gasteiger partial charge in [-0.2, -0.15) is 4.68 Å². The van der Waals surface area contributed by atoms with Gasteiger partial charge in [-0.25, -0.2) is 4.98 Å². The van der Waals surface area contributed by atoms with Gasteiger partial charge in [-0.1, -0.05) is 18.6 Å². The number of benzene rings is 1. The third kappa shape index (κ3) is 1.84. The van der Waals surface area contributed by atoms with Crippen molar-refractivity contribution in [2.75, 3.05) is 12.8 Å². The first kappa shape index (κ1) is 12.7. The summed E-state index contributed by atoms with van der Waals surface area (Å²) in [7, 11) is 1.62. The third-order valence-electron chi connectivity index (χ3n) is 3.98. The smallest absolute Gasteiger partial charge is 0.259 e. The maximum absolute atomic E-state index is 12.7. The van der Waals surface area contributed by atoms with E-state index in [1.165, 1.54) is 11.0 Å².